The van der Waals surface area contributed by atoms with Crippen molar-refractivity contribution in [2.75, 3.05) is 14.2 Å². The highest BCUT2D eigenvalue weighted by atomic mass is 16.5. The lowest BCUT2D eigenvalue weighted by Crippen LogP contribution is -2.25. The number of benzene rings is 2. The second-order valence-corrected chi connectivity index (χ2v) is 6.15. The van der Waals surface area contributed by atoms with Crippen LogP contribution >= 0.6 is 0 Å². The van der Waals surface area contributed by atoms with E-state index in [1.54, 1.807) is 25.1 Å². The number of Topliss-reactive ketones (excluding diaryl/α,β-unsaturated/α-hetero) is 1. The van der Waals surface area contributed by atoms with Crippen LogP contribution in [0.5, 0.6) is 11.5 Å². The van der Waals surface area contributed by atoms with Gasteiger partial charge in [-0.1, -0.05) is 18.2 Å². The fourth-order valence-electron chi connectivity index (χ4n) is 3.04. The molecule has 0 radical (unpaired) electrons. The van der Waals surface area contributed by atoms with Crippen molar-refractivity contribution >= 4 is 22.7 Å². The molecule has 1 aromatic heterocycles. The molecule has 3 aromatic rings. The third-order valence-corrected chi connectivity index (χ3v) is 4.42. The van der Waals surface area contributed by atoms with E-state index in [1.165, 1.54) is 14.2 Å². The zero-order valence-corrected chi connectivity index (χ0v) is 15.7. The number of aromatic nitrogens is 1. The largest absolute Gasteiger partial charge is 0.497 e. The van der Waals surface area contributed by atoms with Gasteiger partial charge in [0.15, 0.2) is 6.10 Å². The zero-order valence-electron chi connectivity index (χ0n) is 15.7. The molecule has 0 aliphatic rings. The molecule has 27 heavy (non-hydrogen) atoms. The number of methoxy groups -OCH3 is 2. The molecule has 0 spiro atoms. The number of hydrogen-bond donors (Lipinski definition) is 1. The summed E-state index contributed by atoms with van der Waals surface area (Å²) in [6.07, 6.45) is -0.942. The minimum atomic E-state index is -0.942. The van der Waals surface area contributed by atoms with Gasteiger partial charge in [-0.05, 0) is 32.0 Å². The summed E-state index contributed by atoms with van der Waals surface area (Å²) < 4.78 is 15.8. The molecule has 0 fully saturated rings. The van der Waals surface area contributed by atoms with E-state index in [-0.39, 0.29) is 11.3 Å². The Morgan fingerprint density at radius 3 is 2.48 bits per heavy atom. The van der Waals surface area contributed by atoms with E-state index in [9.17, 15) is 9.59 Å². The number of carbonyl (C=O) groups excluding carboxylic acids is 2. The fourth-order valence-corrected chi connectivity index (χ4v) is 3.04. The molecule has 6 heteroatoms. The number of esters is 1. The Hall–Kier alpha value is -3.28. The van der Waals surface area contributed by atoms with E-state index in [0.717, 1.165) is 16.6 Å². The van der Waals surface area contributed by atoms with Gasteiger partial charge in [0.2, 0.25) is 5.78 Å². The van der Waals surface area contributed by atoms with E-state index in [1.807, 2.05) is 31.2 Å². The minimum absolute atomic E-state index is 0.230. The molecule has 0 amide bonds. The number of rotatable bonds is 6. The third-order valence-electron chi connectivity index (χ3n) is 4.42. The first-order chi connectivity index (χ1) is 13.0. The fraction of sp³-hybridized carbons (Fsp3) is 0.238. The van der Waals surface area contributed by atoms with Crippen molar-refractivity contribution in [3.63, 3.8) is 0 Å². The second kappa shape index (κ2) is 7.53. The van der Waals surface area contributed by atoms with E-state index in [0.29, 0.717) is 17.1 Å². The number of hydrogen-bond acceptors (Lipinski definition) is 5. The Morgan fingerprint density at radius 2 is 1.78 bits per heavy atom. The summed E-state index contributed by atoms with van der Waals surface area (Å²) in [6.45, 7) is 3.39. The molecule has 1 N–H and O–H groups in total. The third kappa shape index (κ3) is 3.51. The van der Waals surface area contributed by atoms with Crippen LogP contribution < -0.4 is 9.47 Å². The standard InChI is InChI=1S/C21H21NO5/c1-12-19(15-7-5-6-8-17(15)22-12)20(23)13(2)27-21(24)16-10-9-14(25-3)11-18(16)26-4/h5-11,13,22H,1-4H3. The van der Waals surface area contributed by atoms with Gasteiger partial charge < -0.3 is 19.2 Å². The molecule has 6 nitrogen and oxygen atoms in total. The van der Waals surface area contributed by atoms with Crippen LogP contribution in [0, 0.1) is 6.92 Å². The Balaban J connectivity index is 1.84. The predicted octanol–water partition coefficient (Wildman–Crippen LogP) is 3.92. The highest BCUT2D eigenvalue weighted by Gasteiger charge is 2.26. The van der Waals surface area contributed by atoms with Crippen LogP contribution in [0.4, 0.5) is 0 Å². The van der Waals surface area contributed by atoms with Gasteiger partial charge in [-0.15, -0.1) is 0 Å². The van der Waals surface area contributed by atoms with Crippen LogP contribution in [-0.2, 0) is 4.74 Å². The monoisotopic (exact) mass is 367 g/mol. The van der Waals surface area contributed by atoms with Crippen LogP contribution in [0.3, 0.4) is 0 Å². The van der Waals surface area contributed by atoms with Crippen molar-refractivity contribution in [1.82, 2.24) is 4.98 Å². The van der Waals surface area contributed by atoms with Crippen LogP contribution in [0.1, 0.15) is 33.3 Å². The summed E-state index contributed by atoms with van der Waals surface area (Å²) >= 11 is 0. The number of ether oxygens (including phenoxy) is 3. The van der Waals surface area contributed by atoms with Crippen molar-refractivity contribution in [2.24, 2.45) is 0 Å². The molecule has 1 unspecified atom stereocenters. The number of nitrogens with one attached hydrogen (secondary N) is 1. The molecule has 3 rings (SSSR count). The van der Waals surface area contributed by atoms with Gasteiger partial charge >= 0.3 is 5.97 Å². The first-order valence-electron chi connectivity index (χ1n) is 8.50. The second-order valence-electron chi connectivity index (χ2n) is 6.15. The van der Waals surface area contributed by atoms with Crippen LogP contribution in [0.25, 0.3) is 10.9 Å². The van der Waals surface area contributed by atoms with E-state index >= 15 is 0 Å². The molecule has 1 atom stereocenters. The minimum Gasteiger partial charge on any atom is -0.497 e. The Morgan fingerprint density at radius 1 is 1.04 bits per heavy atom. The van der Waals surface area contributed by atoms with E-state index in [4.69, 9.17) is 14.2 Å². The number of ketones is 1. The van der Waals surface area contributed by atoms with Gasteiger partial charge in [0.05, 0.1) is 14.2 Å². The number of aryl methyl sites for hydroxylation is 1. The summed E-state index contributed by atoms with van der Waals surface area (Å²) in [6, 6.07) is 12.3. The van der Waals surface area contributed by atoms with Crippen molar-refractivity contribution < 1.29 is 23.8 Å². The maximum Gasteiger partial charge on any atom is 0.342 e. The number of H-pyrrole nitrogens is 1. The molecule has 0 aliphatic carbocycles. The van der Waals surface area contributed by atoms with Gasteiger partial charge in [0, 0.05) is 28.2 Å². The Kier molecular flexibility index (Phi) is 5.16. The van der Waals surface area contributed by atoms with Crippen molar-refractivity contribution in [1.29, 1.82) is 0 Å². The Bertz CT molecular complexity index is 1000. The maximum atomic E-state index is 12.9. The molecule has 0 bridgehead atoms. The summed E-state index contributed by atoms with van der Waals surface area (Å²) in [5.41, 5.74) is 2.38. The molecule has 1 heterocycles. The molecule has 0 saturated heterocycles. The van der Waals surface area contributed by atoms with Gasteiger partial charge in [-0.3, -0.25) is 4.79 Å². The van der Waals surface area contributed by atoms with Crippen molar-refractivity contribution in [2.45, 2.75) is 20.0 Å². The van der Waals surface area contributed by atoms with Crippen LogP contribution in [0.15, 0.2) is 42.5 Å². The quantitative estimate of drug-likeness (QED) is 0.528. The maximum absolute atomic E-state index is 12.9. The van der Waals surface area contributed by atoms with Crippen LogP contribution in [-0.4, -0.2) is 37.1 Å². The smallest absolute Gasteiger partial charge is 0.342 e. The SMILES string of the molecule is COc1ccc(C(=O)OC(C)C(=O)c2c(C)[nH]c3ccccc23)c(OC)c1. The first kappa shape index (κ1) is 18.5. The Labute approximate surface area is 157 Å². The molecular formula is C21H21NO5. The molecule has 2 aromatic carbocycles. The summed E-state index contributed by atoms with van der Waals surface area (Å²) in [7, 11) is 2.98. The lowest BCUT2D eigenvalue weighted by Gasteiger charge is -2.14. The summed E-state index contributed by atoms with van der Waals surface area (Å²) in [5.74, 6) is -0.0113. The summed E-state index contributed by atoms with van der Waals surface area (Å²) in [4.78, 5) is 28.7. The highest BCUT2D eigenvalue weighted by molar-refractivity contribution is 6.11. The average Bonchev–Trinajstić information content (AvgIpc) is 3.02. The van der Waals surface area contributed by atoms with Crippen molar-refractivity contribution in [3.05, 3.63) is 59.3 Å². The van der Waals surface area contributed by atoms with Gasteiger partial charge in [0.1, 0.15) is 17.1 Å². The van der Waals surface area contributed by atoms with E-state index in [2.05, 4.69) is 4.98 Å². The molecule has 140 valence electrons. The molecule has 0 aliphatic heterocycles. The topological polar surface area (TPSA) is 77.6 Å². The normalized spacial score (nSPS) is 11.9. The molecular weight excluding hydrogens is 346 g/mol. The number of carbonyl (C=O) groups is 2. The van der Waals surface area contributed by atoms with Crippen molar-refractivity contribution in [3.8, 4) is 11.5 Å². The predicted molar refractivity (Wildman–Crippen MR) is 102 cm³/mol. The lowest BCUT2D eigenvalue weighted by molar-refractivity contribution is 0.0316. The first-order valence-corrected chi connectivity index (χ1v) is 8.50. The van der Waals surface area contributed by atoms with E-state index < -0.39 is 12.1 Å². The molecule has 0 saturated carbocycles. The van der Waals surface area contributed by atoms with Gasteiger partial charge in [-0.2, -0.15) is 0 Å². The highest BCUT2D eigenvalue weighted by Crippen LogP contribution is 2.27. The van der Waals surface area contributed by atoms with Gasteiger partial charge in [-0.25, -0.2) is 4.79 Å². The lowest BCUT2D eigenvalue weighted by atomic mass is 10.0. The van der Waals surface area contributed by atoms with Gasteiger partial charge in [0.25, 0.3) is 0 Å². The number of para-hydroxylation sites is 1. The number of fused-ring (bicyclic) bond motifs is 1. The average molecular weight is 367 g/mol. The number of aromatic amines is 1. The zero-order chi connectivity index (χ0) is 19.6. The summed E-state index contributed by atoms with van der Waals surface area (Å²) in [5, 5.41) is 0.810. The van der Waals surface area contributed by atoms with Crippen LogP contribution in [0.2, 0.25) is 0 Å².